The molecule has 4 nitrogen and oxygen atoms in total. The van der Waals surface area contributed by atoms with Crippen molar-refractivity contribution in [3.8, 4) is 24.7 Å². The van der Waals surface area contributed by atoms with Crippen LogP contribution in [0.5, 0.6) is 0 Å². The van der Waals surface area contributed by atoms with Gasteiger partial charge in [0.25, 0.3) is 0 Å². The van der Waals surface area contributed by atoms with E-state index in [9.17, 15) is 0 Å². The van der Waals surface area contributed by atoms with Crippen molar-refractivity contribution < 1.29 is 0 Å². The molecule has 4 heteroatoms. The summed E-state index contributed by atoms with van der Waals surface area (Å²) >= 11 is 0. The zero-order chi connectivity index (χ0) is 29.6. The van der Waals surface area contributed by atoms with Gasteiger partial charge in [-0.15, -0.1) is 12.8 Å². The topological polar surface area (TPSA) is 57.4 Å². The maximum absolute atomic E-state index is 6.17. The van der Waals surface area contributed by atoms with Gasteiger partial charge in [-0.05, 0) is 86.1 Å². The monoisotopic (exact) mass is 554 g/mol. The van der Waals surface area contributed by atoms with Crippen LogP contribution in [-0.2, 0) is 0 Å². The lowest BCUT2D eigenvalue weighted by molar-refractivity contribution is 0.570. The lowest BCUT2D eigenvalue weighted by atomic mass is 9.90. The highest BCUT2D eigenvalue weighted by Crippen LogP contribution is 2.36. The van der Waals surface area contributed by atoms with E-state index in [1.165, 1.54) is 11.1 Å². The van der Waals surface area contributed by atoms with Crippen molar-refractivity contribution in [2.75, 3.05) is 0 Å². The van der Waals surface area contributed by atoms with Crippen LogP contribution in [-0.4, -0.2) is 19.9 Å². The van der Waals surface area contributed by atoms with Gasteiger partial charge in [0, 0.05) is 22.2 Å². The van der Waals surface area contributed by atoms with Crippen molar-refractivity contribution in [2.24, 2.45) is 0 Å². The molecule has 8 bridgehead atoms. The van der Waals surface area contributed by atoms with E-state index in [1.807, 2.05) is 12.2 Å². The van der Waals surface area contributed by atoms with Gasteiger partial charge < -0.3 is 9.97 Å². The molecule has 0 aromatic carbocycles. The smallest absolute Gasteiger partial charge is 0.0816 e. The molecule has 3 aromatic rings. The third kappa shape index (κ3) is 5.60. The van der Waals surface area contributed by atoms with Crippen molar-refractivity contribution in [2.45, 2.75) is 90.9 Å². The minimum atomic E-state index is 0.355. The molecule has 0 aliphatic carbocycles. The molecule has 0 radical (unpaired) electrons. The van der Waals surface area contributed by atoms with Gasteiger partial charge in [0.2, 0.25) is 0 Å². The van der Waals surface area contributed by atoms with Crippen LogP contribution >= 0.6 is 0 Å². The molecule has 5 heterocycles. The molecule has 42 heavy (non-hydrogen) atoms. The normalized spacial score (nSPS) is 13.6. The van der Waals surface area contributed by atoms with Crippen LogP contribution in [0.25, 0.3) is 46.4 Å². The molecule has 0 saturated heterocycles. The van der Waals surface area contributed by atoms with Gasteiger partial charge in [0.1, 0.15) is 0 Å². The Morgan fingerprint density at radius 1 is 0.595 bits per heavy atom. The van der Waals surface area contributed by atoms with E-state index in [4.69, 9.17) is 22.8 Å². The predicted octanol–water partition coefficient (Wildman–Crippen LogP) is 9.99. The van der Waals surface area contributed by atoms with Crippen molar-refractivity contribution in [1.29, 1.82) is 0 Å². The van der Waals surface area contributed by atoms with E-state index in [1.54, 1.807) is 0 Å². The van der Waals surface area contributed by atoms with Crippen molar-refractivity contribution in [3.63, 3.8) is 0 Å². The fourth-order valence-corrected chi connectivity index (χ4v) is 6.42. The number of aromatic nitrogens is 4. The lowest BCUT2D eigenvalue weighted by Gasteiger charge is -2.16. The molecule has 0 fully saturated rings. The maximum Gasteiger partial charge on any atom is 0.0816 e. The first-order valence-electron chi connectivity index (χ1n) is 15.7. The van der Waals surface area contributed by atoms with Gasteiger partial charge in [-0.1, -0.05) is 65.2 Å². The maximum atomic E-state index is 6.17. The quantitative estimate of drug-likeness (QED) is 0.169. The highest BCUT2D eigenvalue weighted by molar-refractivity contribution is 5.85. The Labute approximate surface area is 250 Å². The summed E-state index contributed by atoms with van der Waals surface area (Å²) in [5, 5.41) is 0. The van der Waals surface area contributed by atoms with Crippen molar-refractivity contribution in [3.05, 3.63) is 69.3 Å². The molecule has 214 valence electrons. The highest BCUT2D eigenvalue weighted by Gasteiger charge is 2.21. The number of terminal acetylenes is 2. The molecule has 5 rings (SSSR count). The third-order valence-corrected chi connectivity index (χ3v) is 8.74. The summed E-state index contributed by atoms with van der Waals surface area (Å²) in [6.45, 7) is 9.00. The van der Waals surface area contributed by atoms with Gasteiger partial charge in [-0.25, -0.2) is 9.97 Å². The van der Waals surface area contributed by atoms with Gasteiger partial charge in [-0.2, -0.15) is 0 Å². The van der Waals surface area contributed by atoms with E-state index < -0.39 is 0 Å². The molecule has 2 aliphatic rings. The minimum Gasteiger partial charge on any atom is -0.354 e. The van der Waals surface area contributed by atoms with Crippen LogP contribution in [0.1, 0.15) is 136 Å². The Morgan fingerprint density at radius 2 is 1.00 bits per heavy atom. The second-order valence-corrected chi connectivity index (χ2v) is 11.4. The number of hydrogen-bond donors (Lipinski definition) is 2. The highest BCUT2D eigenvalue weighted by atomic mass is 14.8. The summed E-state index contributed by atoms with van der Waals surface area (Å²) in [7, 11) is 0. The SMILES string of the molecule is C#Cc1c2nc(c(C(CC)CCCC)c3ccc([nH]3)c(C#C)c3ccc([nH]3)c(C(CC)CCCC)c3nc1C=C3)C=C2. The van der Waals surface area contributed by atoms with E-state index in [-0.39, 0.29) is 0 Å². The number of nitrogens with zero attached hydrogens (tertiary/aromatic N) is 2. The first-order chi connectivity index (χ1) is 20.6. The summed E-state index contributed by atoms with van der Waals surface area (Å²) in [4.78, 5) is 17.7. The summed E-state index contributed by atoms with van der Waals surface area (Å²) in [6.07, 6.45) is 29.5. The van der Waals surface area contributed by atoms with E-state index in [2.05, 4.69) is 85.9 Å². The van der Waals surface area contributed by atoms with Crippen LogP contribution in [0.3, 0.4) is 0 Å². The lowest BCUT2D eigenvalue weighted by Crippen LogP contribution is -2.02. The van der Waals surface area contributed by atoms with Crippen LogP contribution in [0, 0.1) is 24.7 Å². The zero-order valence-electron chi connectivity index (χ0n) is 25.5. The number of H-pyrrole nitrogens is 2. The summed E-state index contributed by atoms with van der Waals surface area (Å²) in [5.41, 5.74) is 11.4. The molecule has 3 aromatic heterocycles. The van der Waals surface area contributed by atoms with E-state index >= 15 is 0 Å². The average Bonchev–Trinajstić information content (AvgIpc) is 3.83. The number of aromatic amines is 2. The number of rotatable bonds is 10. The second kappa shape index (κ2) is 13.1. The number of fused-ring (bicyclic) bond motifs is 8. The van der Waals surface area contributed by atoms with Crippen molar-refractivity contribution in [1.82, 2.24) is 19.9 Å². The third-order valence-electron chi connectivity index (χ3n) is 8.74. The summed E-state index contributed by atoms with van der Waals surface area (Å²) in [5.74, 6) is 6.61. The number of unbranched alkanes of at least 4 members (excludes halogenated alkanes) is 2. The fourth-order valence-electron chi connectivity index (χ4n) is 6.42. The molecule has 0 amide bonds. The first-order valence-corrected chi connectivity index (χ1v) is 15.7. The van der Waals surface area contributed by atoms with E-state index in [0.717, 1.165) is 107 Å². The van der Waals surface area contributed by atoms with Gasteiger partial charge in [-0.3, -0.25) is 0 Å². The molecule has 2 N–H and O–H groups in total. The molecule has 2 unspecified atom stereocenters. The Bertz CT molecular complexity index is 1650. The first kappa shape index (κ1) is 29.2. The Kier molecular flexibility index (Phi) is 9.14. The minimum absolute atomic E-state index is 0.355. The summed E-state index contributed by atoms with van der Waals surface area (Å²) in [6, 6.07) is 8.51. The predicted molar refractivity (Wildman–Crippen MR) is 180 cm³/mol. The standard InChI is InChI=1S/C38H42N4/c1-7-13-15-25(9-3)37-33-21-17-29(39-33)27(11-5)31-19-23-35(41-31)38(26(10-4)16-14-8-2)36-24-20-32(42-36)28(12-6)30-18-22-34(37)40-30/h5-6,17-26,39,41H,7-10,13-16H2,1-4H3. The van der Waals surface area contributed by atoms with Gasteiger partial charge in [0.15, 0.2) is 0 Å². The Balaban J connectivity index is 1.93. The Hall–Kier alpha value is -4.28. The van der Waals surface area contributed by atoms with E-state index in [0.29, 0.717) is 11.8 Å². The number of nitrogens with one attached hydrogen (secondary N) is 2. The van der Waals surface area contributed by atoms with Crippen LogP contribution in [0.4, 0.5) is 0 Å². The second-order valence-electron chi connectivity index (χ2n) is 11.4. The molecule has 2 atom stereocenters. The zero-order valence-corrected chi connectivity index (χ0v) is 25.5. The van der Waals surface area contributed by atoms with Crippen molar-refractivity contribution >= 4 is 46.4 Å². The average molecular weight is 555 g/mol. The van der Waals surface area contributed by atoms with Gasteiger partial charge >= 0.3 is 0 Å². The molecule has 0 saturated carbocycles. The molecule has 2 aliphatic heterocycles. The molecular weight excluding hydrogens is 512 g/mol. The van der Waals surface area contributed by atoms with Crippen LogP contribution < -0.4 is 0 Å². The number of hydrogen-bond acceptors (Lipinski definition) is 2. The van der Waals surface area contributed by atoms with Gasteiger partial charge in [0.05, 0.1) is 44.9 Å². The molecular formula is C38H42N4. The fraction of sp³-hybridized carbons (Fsp3) is 0.368. The molecule has 0 spiro atoms. The van der Waals surface area contributed by atoms with Crippen LogP contribution in [0.2, 0.25) is 0 Å². The largest absolute Gasteiger partial charge is 0.354 e. The Morgan fingerprint density at radius 3 is 1.38 bits per heavy atom. The van der Waals surface area contributed by atoms with Crippen LogP contribution in [0.15, 0.2) is 24.3 Å². The summed E-state index contributed by atoms with van der Waals surface area (Å²) < 4.78 is 0.